The molecule has 0 aliphatic carbocycles. The fraction of sp³-hybridized carbons (Fsp3) is 0.519. The lowest BCUT2D eigenvalue weighted by Crippen LogP contribution is -2.56. The van der Waals surface area contributed by atoms with Crippen LogP contribution in [0, 0.1) is 11.8 Å². The minimum absolute atomic E-state index is 0.159. The quantitative estimate of drug-likeness (QED) is 0.453. The second kappa shape index (κ2) is 9.23. The molecule has 6 atom stereocenters. The van der Waals surface area contributed by atoms with Crippen LogP contribution < -0.4 is 0 Å². The maximum Gasteiger partial charge on any atom is 0.311 e. The van der Waals surface area contributed by atoms with E-state index in [2.05, 4.69) is 10.3 Å². The second-order valence-corrected chi connectivity index (χ2v) is 12.3. The van der Waals surface area contributed by atoms with E-state index in [9.17, 15) is 19.5 Å². The van der Waals surface area contributed by atoms with Crippen LogP contribution in [0.1, 0.15) is 26.7 Å². The van der Waals surface area contributed by atoms with E-state index in [0.29, 0.717) is 19.4 Å². The predicted octanol–water partition coefficient (Wildman–Crippen LogP) is 1.75. The number of likely N-dealkylation sites (tertiary alicyclic amines) is 1. The molecule has 1 aromatic carbocycles. The summed E-state index contributed by atoms with van der Waals surface area (Å²) in [5, 5.41) is 18.7. The number of nitrogens with zero attached hydrogens (tertiary/aromatic N) is 5. The Morgan fingerprint density at radius 2 is 1.97 bits per heavy atom. The highest BCUT2D eigenvalue weighted by atomic mass is 32.2. The normalized spacial score (nSPS) is 33.4. The first-order chi connectivity index (χ1) is 18.3. The maximum atomic E-state index is 14.4. The zero-order valence-corrected chi connectivity index (χ0v) is 22.2. The molecule has 2 aromatic rings. The van der Waals surface area contributed by atoms with E-state index in [-0.39, 0.29) is 31.7 Å². The number of aliphatic hydroxyl groups excluding tert-OH is 1. The molecule has 4 aliphatic heterocycles. The Hall–Kier alpha value is -3.18. The number of benzene rings is 1. The second-order valence-electron chi connectivity index (χ2n) is 10.5. The van der Waals surface area contributed by atoms with Gasteiger partial charge in [-0.05, 0) is 31.9 Å². The SMILES string of the molecule is CC[C@@H](CO)N1C(=O)[C@@H]2[C@H]3C(=O)OCCC=C[C@@]3(C)S[C@@]23C=CCN(Cn2nnc4ccccc42)C(=O)C13. The number of carbonyl (C=O) groups is 3. The van der Waals surface area contributed by atoms with Crippen molar-refractivity contribution < 1.29 is 24.2 Å². The molecule has 2 saturated heterocycles. The fourth-order valence-electron chi connectivity index (χ4n) is 6.59. The Balaban J connectivity index is 1.45. The molecule has 1 aromatic heterocycles. The van der Waals surface area contributed by atoms with Gasteiger partial charge in [0.15, 0.2) is 0 Å². The van der Waals surface area contributed by atoms with Gasteiger partial charge in [-0.25, -0.2) is 4.68 Å². The molecule has 10 nitrogen and oxygen atoms in total. The number of esters is 1. The summed E-state index contributed by atoms with van der Waals surface area (Å²) < 4.78 is 5.55. The van der Waals surface area contributed by atoms with E-state index in [1.807, 2.05) is 62.4 Å². The number of ether oxygens (including phenoxy) is 1. The minimum atomic E-state index is -0.983. The van der Waals surface area contributed by atoms with Gasteiger partial charge < -0.3 is 19.6 Å². The van der Waals surface area contributed by atoms with E-state index < -0.39 is 39.4 Å². The van der Waals surface area contributed by atoms with E-state index in [0.717, 1.165) is 11.0 Å². The van der Waals surface area contributed by atoms with Crippen molar-refractivity contribution >= 4 is 40.6 Å². The van der Waals surface area contributed by atoms with Crippen molar-refractivity contribution in [2.75, 3.05) is 19.8 Å². The molecule has 2 amide bonds. The Morgan fingerprint density at radius 1 is 1.16 bits per heavy atom. The predicted molar refractivity (Wildman–Crippen MR) is 141 cm³/mol. The molecule has 0 radical (unpaired) electrons. The fourth-order valence-corrected chi connectivity index (χ4v) is 8.73. The number of cyclic esters (lactones) is 1. The van der Waals surface area contributed by atoms with Crippen LogP contribution >= 0.6 is 11.8 Å². The Labute approximate surface area is 224 Å². The molecule has 1 N–H and O–H groups in total. The van der Waals surface area contributed by atoms with Crippen LogP contribution in [-0.4, -0.2) is 89.0 Å². The summed E-state index contributed by atoms with van der Waals surface area (Å²) in [6, 6.07) is 6.10. The maximum absolute atomic E-state index is 14.4. The molecule has 11 heteroatoms. The molecule has 1 spiro atoms. The molecule has 5 heterocycles. The van der Waals surface area contributed by atoms with Crippen LogP contribution in [0.5, 0.6) is 0 Å². The van der Waals surface area contributed by atoms with Crippen LogP contribution in [0.4, 0.5) is 0 Å². The van der Waals surface area contributed by atoms with Crippen LogP contribution in [0.3, 0.4) is 0 Å². The van der Waals surface area contributed by atoms with Crippen LogP contribution in [0.25, 0.3) is 11.0 Å². The van der Waals surface area contributed by atoms with Gasteiger partial charge in [-0.2, -0.15) is 0 Å². The molecular weight excluding hydrogens is 506 g/mol. The Bertz CT molecular complexity index is 1350. The monoisotopic (exact) mass is 537 g/mol. The molecular formula is C27H31N5O5S. The third-order valence-electron chi connectivity index (χ3n) is 8.34. The Kier molecular flexibility index (Phi) is 6.10. The number of amides is 2. The average Bonchev–Trinajstić information content (AvgIpc) is 3.46. The van der Waals surface area contributed by atoms with Gasteiger partial charge in [-0.15, -0.1) is 16.9 Å². The van der Waals surface area contributed by atoms with E-state index in [1.165, 1.54) is 11.8 Å². The summed E-state index contributed by atoms with van der Waals surface area (Å²) in [6.45, 7) is 4.30. The summed E-state index contributed by atoms with van der Waals surface area (Å²) in [6.07, 6.45) is 8.97. The first-order valence-electron chi connectivity index (χ1n) is 13.1. The number of hydrogen-bond donors (Lipinski definition) is 1. The van der Waals surface area contributed by atoms with Crippen molar-refractivity contribution in [1.29, 1.82) is 0 Å². The Morgan fingerprint density at radius 3 is 2.76 bits per heavy atom. The smallest absolute Gasteiger partial charge is 0.311 e. The number of aromatic nitrogens is 3. The molecule has 2 fully saturated rings. The zero-order chi connectivity index (χ0) is 26.7. The zero-order valence-electron chi connectivity index (χ0n) is 21.4. The molecule has 38 heavy (non-hydrogen) atoms. The average molecular weight is 538 g/mol. The number of aliphatic hydroxyl groups is 1. The van der Waals surface area contributed by atoms with E-state index in [4.69, 9.17) is 4.74 Å². The van der Waals surface area contributed by atoms with Crippen molar-refractivity contribution in [1.82, 2.24) is 24.8 Å². The highest BCUT2D eigenvalue weighted by Gasteiger charge is 2.74. The summed E-state index contributed by atoms with van der Waals surface area (Å²) >= 11 is 1.50. The van der Waals surface area contributed by atoms with Crippen LogP contribution in [0.2, 0.25) is 0 Å². The minimum Gasteiger partial charge on any atom is -0.465 e. The highest BCUT2D eigenvalue weighted by Crippen LogP contribution is 2.65. The van der Waals surface area contributed by atoms with Gasteiger partial charge in [0.25, 0.3) is 0 Å². The lowest BCUT2D eigenvalue weighted by Gasteiger charge is -2.39. The molecule has 6 rings (SSSR count). The van der Waals surface area contributed by atoms with Crippen molar-refractivity contribution in [3.05, 3.63) is 48.6 Å². The van der Waals surface area contributed by atoms with Gasteiger partial charge in [0.2, 0.25) is 11.8 Å². The van der Waals surface area contributed by atoms with Crippen molar-refractivity contribution in [3.8, 4) is 0 Å². The third kappa shape index (κ3) is 3.54. The van der Waals surface area contributed by atoms with Gasteiger partial charge in [-0.1, -0.05) is 48.6 Å². The van der Waals surface area contributed by atoms with Crippen molar-refractivity contribution in [2.45, 2.75) is 54.9 Å². The molecule has 1 unspecified atom stereocenters. The highest BCUT2D eigenvalue weighted by molar-refractivity contribution is 8.02. The first kappa shape index (κ1) is 25.1. The number of hydrogen-bond acceptors (Lipinski definition) is 8. The van der Waals surface area contributed by atoms with Crippen LogP contribution in [0.15, 0.2) is 48.6 Å². The molecule has 0 bridgehead atoms. The lowest BCUT2D eigenvalue weighted by molar-refractivity contribution is -0.154. The number of para-hydroxylation sites is 1. The van der Waals surface area contributed by atoms with Gasteiger partial charge in [-0.3, -0.25) is 14.4 Å². The number of fused-ring (bicyclic) bond motifs is 3. The first-order valence-corrected chi connectivity index (χ1v) is 13.9. The summed E-state index contributed by atoms with van der Waals surface area (Å²) in [5.41, 5.74) is 1.53. The van der Waals surface area contributed by atoms with Gasteiger partial charge in [0, 0.05) is 11.3 Å². The number of thioether (sulfide) groups is 1. The number of carbonyl (C=O) groups excluding carboxylic acids is 3. The summed E-state index contributed by atoms with van der Waals surface area (Å²) in [4.78, 5) is 45.3. The standard InChI is InChI=1S/C27H31N5O5S/c1-3-17(15-33)32-22-24(35)30(16-31-19-10-5-4-9-18(19)28-29-31)13-8-12-27(22)20(23(32)34)21-25(36)37-14-7-6-11-26(21,2)38-27/h4-6,8-12,17,20-22,33H,3,7,13-16H2,1-2H3/t17-,20-,21-,22?,26+,27-/m0/s1. The van der Waals surface area contributed by atoms with Gasteiger partial charge in [0.05, 0.1) is 41.4 Å². The topological polar surface area (TPSA) is 118 Å². The largest absolute Gasteiger partial charge is 0.465 e. The van der Waals surface area contributed by atoms with Crippen molar-refractivity contribution in [3.63, 3.8) is 0 Å². The van der Waals surface area contributed by atoms with Crippen LogP contribution in [-0.2, 0) is 25.8 Å². The number of rotatable bonds is 5. The summed E-state index contributed by atoms with van der Waals surface area (Å²) in [7, 11) is 0. The van der Waals surface area contributed by atoms with E-state index in [1.54, 1.807) is 14.5 Å². The van der Waals surface area contributed by atoms with Gasteiger partial charge >= 0.3 is 5.97 Å². The third-order valence-corrected chi connectivity index (χ3v) is 10.1. The van der Waals surface area contributed by atoms with Gasteiger partial charge in [0.1, 0.15) is 18.2 Å². The van der Waals surface area contributed by atoms with Crippen molar-refractivity contribution in [2.24, 2.45) is 11.8 Å². The van der Waals surface area contributed by atoms with E-state index >= 15 is 0 Å². The molecule has 200 valence electrons. The summed E-state index contributed by atoms with van der Waals surface area (Å²) in [5.74, 6) is -2.46. The lowest BCUT2D eigenvalue weighted by atomic mass is 9.74. The molecule has 4 aliphatic rings. The molecule has 0 saturated carbocycles.